The van der Waals surface area contributed by atoms with E-state index in [-0.39, 0.29) is 11.6 Å². The number of piperidine rings is 1. The number of carbonyl (C=O) groups excluding carboxylic acids is 1. The van der Waals surface area contributed by atoms with Crippen LogP contribution in [0.3, 0.4) is 0 Å². The lowest BCUT2D eigenvalue weighted by Gasteiger charge is -2.33. The first-order valence-corrected chi connectivity index (χ1v) is 6.32. The molecule has 2 rings (SSSR count). The quantitative estimate of drug-likeness (QED) is 0.645. The van der Waals surface area contributed by atoms with Crippen LogP contribution in [0.25, 0.3) is 0 Å². The second kappa shape index (κ2) is 5.36. The average Bonchev–Trinajstić information content (AvgIpc) is 2.40. The normalized spacial score (nSPS) is 22.8. The number of nitro benzene ring substituents is 1. The molecule has 1 unspecified atom stereocenters. The molecule has 1 aromatic carbocycles. The molecule has 0 radical (unpaired) electrons. The Balaban J connectivity index is 2.04. The Morgan fingerprint density at radius 1 is 1.37 bits per heavy atom. The van der Waals surface area contributed by atoms with Crippen LogP contribution in [-0.4, -0.2) is 22.9 Å². The van der Waals surface area contributed by atoms with Gasteiger partial charge in [-0.3, -0.25) is 14.9 Å². The summed E-state index contributed by atoms with van der Waals surface area (Å²) in [6.45, 7) is 2.72. The fourth-order valence-corrected chi connectivity index (χ4v) is 2.19. The first-order chi connectivity index (χ1) is 9.01. The van der Waals surface area contributed by atoms with E-state index < -0.39 is 10.5 Å². The lowest BCUT2D eigenvalue weighted by Crippen LogP contribution is -2.54. The molecule has 1 saturated heterocycles. The number of hydrogen-bond acceptors (Lipinski definition) is 4. The van der Waals surface area contributed by atoms with Crippen molar-refractivity contribution in [3.05, 3.63) is 34.4 Å². The topological polar surface area (TPSA) is 84.3 Å². The molecule has 102 valence electrons. The molecule has 2 N–H and O–H groups in total. The van der Waals surface area contributed by atoms with Gasteiger partial charge in [0.2, 0.25) is 5.91 Å². The van der Waals surface area contributed by atoms with Crippen molar-refractivity contribution in [2.45, 2.75) is 31.7 Å². The van der Waals surface area contributed by atoms with Gasteiger partial charge in [0.15, 0.2) is 0 Å². The number of rotatable bonds is 3. The Morgan fingerprint density at radius 2 is 2.05 bits per heavy atom. The summed E-state index contributed by atoms with van der Waals surface area (Å²) >= 11 is 0. The minimum absolute atomic E-state index is 0.0139. The third-order valence-electron chi connectivity index (χ3n) is 3.46. The van der Waals surface area contributed by atoms with Crippen LogP contribution in [0.5, 0.6) is 0 Å². The zero-order valence-electron chi connectivity index (χ0n) is 10.8. The number of nitrogens with zero attached hydrogens (tertiary/aromatic N) is 1. The van der Waals surface area contributed by atoms with Crippen molar-refractivity contribution in [2.24, 2.45) is 0 Å². The van der Waals surface area contributed by atoms with Gasteiger partial charge in [-0.05, 0) is 44.9 Å². The van der Waals surface area contributed by atoms with Gasteiger partial charge in [0.1, 0.15) is 0 Å². The highest BCUT2D eigenvalue weighted by Gasteiger charge is 2.34. The molecule has 6 heteroatoms. The van der Waals surface area contributed by atoms with Crippen LogP contribution in [0, 0.1) is 10.1 Å². The SMILES string of the molecule is CC1(C(=O)Nc2ccc([N+](=O)[O-])cc2)CCCCN1. The number of nitrogens with one attached hydrogen (secondary N) is 2. The molecule has 19 heavy (non-hydrogen) atoms. The second-order valence-electron chi connectivity index (χ2n) is 4.97. The fourth-order valence-electron chi connectivity index (χ4n) is 2.19. The van der Waals surface area contributed by atoms with Crippen LogP contribution in [0.4, 0.5) is 11.4 Å². The Morgan fingerprint density at radius 3 is 2.58 bits per heavy atom. The zero-order valence-corrected chi connectivity index (χ0v) is 10.8. The van der Waals surface area contributed by atoms with Gasteiger partial charge in [-0.25, -0.2) is 0 Å². The van der Waals surface area contributed by atoms with Crippen LogP contribution < -0.4 is 10.6 Å². The van der Waals surface area contributed by atoms with Crippen molar-refractivity contribution in [1.29, 1.82) is 0 Å². The van der Waals surface area contributed by atoms with Crippen LogP contribution in [-0.2, 0) is 4.79 Å². The van der Waals surface area contributed by atoms with E-state index in [2.05, 4.69) is 10.6 Å². The number of nitro groups is 1. The van der Waals surface area contributed by atoms with Gasteiger partial charge in [-0.1, -0.05) is 0 Å². The van der Waals surface area contributed by atoms with Crippen molar-refractivity contribution in [1.82, 2.24) is 5.32 Å². The van der Waals surface area contributed by atoms with Crippen molar-refractivity contribution >= 4 is 17.3 Å². The van der Waals surface area contributed by atoms with E-state index in [4.69, 9.17) is 0 Å². The van der Waals surface area contributed by atoms with Crippen molar-refractivity contribution < 1.29 is 9.72 Å². The Labute approximate surface area is 111 Å². The molecule has 6 nitrogen and oxygen atoms in total. The summed E-state index contributed by atoms with van der Waals surface area (Å²) in [6.07, 6.45) is 2.91. The molecule has 0 aliphatic carbocycles. The van der Waals surface area contributed by atoms with E-state index in [9.17, 15) is 14.9 Å². The molecule has 1 atom stereocenters. The maximum atomic E-state index is 12.2. The largest absolute Gasteiger partial charge is 0.324 e. The number of benzene rings is 1. The number of anilines is 1. The molecule has 1 fully saturated rings. The third-order valence-corrected chi connectivity index (χ3v) is 3.46. The fraction of sp³-hybridized carbons (Fsp3) is 0.462. The lowest BCUT2D eigenvalue weighted by atomic mass is 9.90. The van der Waals surface area contributed by atoms with Gasteiger partial charge in [0.05, 0.1) is 10.5 Å². The maximum absolute atomic E-state index is 12.2. The van der Waals surface area contributed by atoms with Crippen molar-refractivity contribution in [3.8, 4) is 0 Å². The number of hydrogen-bond donors (Lipinski definition) is 2. The molecule has 1 aliphatic rings. The van der Waals surface area contributed by atoms with E-state index in [1.54, 1.807) is 12.1 Å². The molecule has 1 aliphatic heterocycles. The van der Waals surface area contributed by atoms with Gasteiger partial charge < -0.3 is 10.6 Å². The molecule has 0 saturated carbocycles. The molecule has 1 aromatic rings. The number of non-ortho nitro benzene ring substituents is 1. The van der Waals surface area contributed by atoms with Gasteiger partial charge in [0.25, 0.3) is 5.69 Å². The number of amides is 1. The average molecular weight is 263 g/mol. The highest BCUT2D eigenvalue weighted by molar-refractivity contribution is 5.97. The summed E-state index contributed by atoms with van der Waals surface area (Å²) in [7, 11) is 0. The van der Waals surface area contributed by atoms with E-state index >= 15 is 0 Å². The predicted octanol–water partition coefficient (Wildman–Crippen LogP) is 2.07. The summed E-state index contributed by atoms with van der Waals surface area (Å²) in [5.74, 6) is -0.0962. The summed E-state index contributed by atoms with van der Waals surface area (Å²) in [5, 5.41) is 16.6. The standard InChI is InChI=1S/C13H17N3O3/c1-13(8-2-3-9-14-13)12(17)15-10-4-6-11(7-5-10)16(18)19/h4-7,14H,2-3,8-9H2,1H3,(H,15,17). The van der Waals surface area contributed by atoms with Gasteiger partial charge in [0, 0.05) is 17.8 Å². The van der Waals surface area contributed by atoms with E-state index in [0.29, 0.717) is 5.69 Å². The van der Waals surface area contributed by atoms with E-state index in [0.717, 1.165) is 25.8 Å². The minimum atomic E-state index is -0.556. The molecule has 0 aromatic heterocycles. The van der Waals surface area contributed by atoms with Crippen LogP contribution in [0.1, 0.15) is 26.2 Å². The minimum Gasteiger partial charge on any atom is -0.324 e. The lowest BCUT2D eigenvalue weighted by molar-refractivity contribution is -0.384. The maximum Gasteiger partial charge on any atom is 0.269 e. The molecular weight excluding hydrogens is 246 g/mol. The van der Waals surface area contributed by atoms with Gasteiger partial charge in [-0.15, -0.1) is 0 Å². The predicted molar refractivity (Wildman–Crippen MR) is 72.0 cm³/mol. The Bertz CT molecular complexity index is 478. The number of carbonyl (C=O) groups is 1. The Kier molecular flexibility index (Phi) is 3.80. The van der Waals surface area contributed by atoms with Crippen LogP contribution >= 0.6 is 0 Å². The van der Waals surface area contributed by atoms with E-state index in [1.165, 1.54) is 12.1 Å². The molecule has 1 heterocycles. The van der Waals surface area contributed by atoms with Crippen molar-refractivity contribution in [3.63, 3.8) is 0 Å². The van der Waals surface area contributed by atoms with Crippen LogP contribution in [0.15, 0.2) is 24.3 Å². The van der Waals surface area contributed by atoms with Crippen molar-refractivity contribution in [2.75, 3.05) is 11.9 Å². The highest BCUT2D eigenvalue weighted by Crippen LogP contribution is 2.22. The summed E-state index contributed by atoms with van der Waals surface area (Å²) in [5.41, 5.74) is 0.0317. The first-order valence-electron chi connectivity index (χ1n) is 6.32. The summed E-state index contributed by atoms with van der Waals surface area (Å²) < 4.78 is 0. The summed E-state index contributed by atoms with van der Waals surface area (Å²) in [6, 6.07) is 5.85. The highest BCUT2D eigenvalue weighted by atomic mass is 16.6. The summed E-state index contributed by atoms with van der Waals surface area (Å²) in [4.78, 5) is 22.3. The van der Waals surface area contributed by atoms with Gasteiger partial charge >= 0.3 is 0 Å². The van der Waals surface area contributed by atoms with Gasteiger partial charge in [-0.2, -0.15) is 0 Å². The zero-order chi connectivity index (χ0) is 13.9. The molecule has 0 bridgehead atoms. The molecule has 0 spiro atoms. The first kappa shape index (κ1) is 13.5. The second-order valence-corrected chi connectivity index (χ2v) is 4.97. The van der Waals surface area contributed by atoms with Crippen LogP contribution in [0.2, 0.25) is 0 Å². The van der Waals surface area contributed by atoms with E-state index in [1.807, 2.05) is 6.92 Å². The monoisotopic (exact) mass is 263 g/mol. The molecule has 1 amide bonds. The third kappa shape index (κ3) is 3.08. The Hall–Kier alpha value is -1.95. The molecular formula is C13H17N3O3. The smallest absolute Gasteiger partial charge is 0.269 e.